The van der Waals surface area contributed by atoms with Crippen molar-refractivity contribution in [2.45, 2.75) is 32.0 Å². The Balaban J connectivity index is 2.33. The predicted molar refractivity (Wildman–Crippen MR) is 40.5 cm³/mol. The lowest BCUT2D eigenvalue weighted by molar-refractivity contribution is 0.162. The van der Waals surface area contributed by atoms with Gasteiger partial charge in [-0.15, -0.1) is 0 Å². The lowest BCUT2D eigenvalue weighted by Gasteiger charge is -2.23. The van der Waals surface area contributed by atoms with Gasteiger partial charge in [-0.3, -0.25) is 10.2 Å². The molecule has 10 heavy (non-hydrogen) atoms. The number of rotatable bonds is 2. The fourth-order valence-electron chi connectivity index (χ4n) is 1.46. The lowest BCUT2D eigenvalue weighted by Crippen LogP contribution is -2.41. The Morgan fingerprint density at radius 2 is 2.30 bits per heavy atom. The molecular weight excluding hydrogens is 128 g/mol. The molecule has 0 amide bonds. The van der Waals surface area contributed by atoms with E-state index in [0.717, 1.165) is 6.42 Å². The van der Waals surface area contributed by atoms with Crippen LogP contribution in [0.4, 0.5) is 0 Å². The van der Waals surface area contributed by atoms with E-state index in [2.05, 4.69) is 24.2 Å². The maximum absolute atomic E-state index is 8.59. The van der Waals surface area contributed by atoms with E-state index in [4.69, 9.17) is 5.11 Å². The molecule has 0 aromatic rings. The van der Waals surface area contributed by atoms with E-state index >= 15 is 0 Å². The number of aliphatic hydroxyl groups is 1. The minimum atomic E-state index is 0.0850. The topological polar surface area (TPSA) is 35.5 Å². The quantitative estimate of drug-likeness (QED) is 0.534. The Morgan fingerprint density at radius 3 is 2.70 bits per heavy atom. The summed E-state index contributed by atoms with van der Waals surface area (Å²) in [6, 6.07) is 0.657. The molecule has 1 rings (SSSR count). The Hall–Kier alpha value is -0.120. The highest BCUT2D eigenvalue weighted by Crippen LogP contribution is 2.18. The van der Waals surface area contributed by atoms with E-state index in [9.17, 15) is 0 Å². The highest BCUT2D eigenvalue weighted by atomic mass is 16.3. The average Bonchev–Trinajstić information content (AvgIpc) is 2.20. The third-order valence-corrected chi connectivity index (χ3v) is 2.37. The zero-order valence-corrected chi connectivity index (χ0v) is 6.67. The highest BCUT2D eigenvalue weighted by molar-refractivity contribution is 4.79. The monoisotopic (exact) mass is 144 g/mol. The molecule has 0 spiro atoms. The van der Waals surface area contributed by atoms with Crippen molar-refractivity contribution >= 4 is 0 Å². The van der Waals surface area contributed by atoms with Crippen molar-refractivity contribution in [2.24, 2.45) is 0 Å². The normalized spacial score (nSPS) is 35.1. The fraction of sp³-hybridized carbons (Fsp3) is 1.00. The molecular formula is C7H16N2O. The first-order valence-electron chi connectivity index (χ1n) is 3.82. The predicted octanol–water partition coefficient (Wildman–Crippen LogP) is -0.0340. The lowest BCUT2D eigenvalue weighted by atomic mass is 10.2. The summed E-state index contributed by atoms with van der Waals surface area (Å²) in [7, 11) is 2.09. The second kappa shape index (κ2) is 3.32. The van der Waals surface area contributed by atoms with Gasteiger partial charge in [-0.25, -0.2) is 0 Å². The van der Waals surface area contributed by atoms with Crippen LogP contribution in [0, 0.1) is 0 Å². The van der Waals surface area contributed by atoms with Gasteiger partial charge in [0, 0.05) is 6.04 Å². The third-order valence-electron chi connectivity index (χ3n) is 2.37. The number of likely N-dealkylation sites (tertiary alicyclic amines) is 1. The summed E-state index contributed by atoms with van der Waals surface area (Å²) in [6.45, 7) is 2.29. The molecule has 0 aromatic heterocycles. The van der Waals surface area contributed by atoms with Crippen LogP contribution in [-0.2, 0) is 0 Å². The van der Waals surface area contributed by atoms with Gasteiger partial charge in [-0.1, -0.05) is 0 Å². The molecule has 1 heterocycles. The minimum absolute atomic E-state index is 0.0850. The van der Waals surface area contributed by atoms with Crippen LogP contribution in [0.3, 0.4) is 0 Å². The molecule has 1 aliphatic rings. The summed E-state index contributed by atoms with van der Waals surface area (Å²) in [5, 5.41) is 11.6. The number of nitrogens with zero attached hydrogens (tertiary/aromatic N) is 1. The first-order chi connectivity index (χ1) is 4.75. The van der Waals surface area contributed by atoms with Crippen molar-refractivity contribution in [2.75, 3.05) is 13.8 Å². The molecule has 1 unspecified atom stereocenters. The standard InChI is InChI=1S/C7H16N2O/c1-6-3-4-7(8-5-10)9(6)2/h6-8,10H,3-5H2,1-2H3/t6-,7?/m1/s1. The number of hydrogen-bond acceptors (Lipinski definition) is 3. The van der Waals surface area contributed by atoms with Gasteiger partial charge in [0.2, 0.25) is 0 Å². The highest BCUT2D eigenvalue weighted by Gasteiger charge is 2.25. The Kier molecular flexibility index (Phi) is 2.65. The summed E-state index contributed by atoms with van der Waals surface area (Å²) in [5.41, 5.74) is 0. The maximum atomic E-state index is 8.59. The Labute approximate surface area is 62.0 Å². The summed E-state index contributed by atoms with van der Waals surface area (Å²) in [6.07, 6.45) is 2.77. The molecule has 0 aliphatic carbocycles. The molecule has 3 heteroatoms. The molecule has 0 aromatic carbocycles. The molecule has 2 atom stereocenters. The van der Waals surface area contributed by atoms with E-state index in [-0.39, 0.29) is 6.73 Å². The van der Waals surface area contributed by atoms with Gasteiger partial charge in [-0.2, -0.15) is 0 Å². The van der Waals surface area contributed by atoms with Gasteiger partial charge in [0.05, 0.1) is 12.9 Å². The molecule has 60 valence electrons. The number of hydrogen-bond donors (Lipinski definition) is 2. The largest absolute Gasteiger partial charge is 0.381 e. The van der Waals surface area contributed by atoms with Gasteiger partial charge >= 0.3 is 0 Å². The first-order valence-corrected chi connectivity index (χ1v) is 3.82. The van der Waals surface area contributed by atoms with Crippen molar-refractivity contribution in [3.63, 3.8) is 0 Å². The molecule has 0 bridgehead atoms. The summed E-state index contributed by atoms with van der Waals surface area (Å²) in [4.78, 5) is 2.26. The molecule has 2 N–H and O–H groups in total. The molecule has 1 fully saturated rings. The van der Waals surface area contributed by atoms with Crippen LogP contribution < -0.4 is 5.32 Å². The minimum Gasteiger partial charge on any atom is -0.381 e. The fourth-order valence-corrected chi connectivity index (χ4v) is 1.46. The van der Waals surface area contributed by atoms with Gasteiger partial charge in [0.1, 0.15) is 0 Å². The van der Waals surface area contributed by atoms with Crippen LogP contribution in [0.25, 0.3) is 0 Å². The first kappa shape index (κ1) is 7.98. The Bertz CT molecular complexity index is 106. The summed E-state index contributed by atoms with van der Waals surface area (Å²) >= 11 is 0. The van der Waals surface area contributed by atoms with Crippen LogP contribution in [0.5, 0.6) is 0 Å². The second-order valence-electron chi connectivity index (χ2n) is 2.97. The summed E-state index contributed by atoms with van der Waals surface area (Å²) < 4.78 is 0. The van der Waals surface area contributed by atoms with Crippen molar-refractivity contribution in [1.29, 1.82) is 0 Å². The molecule has 1 aliphatic heterocycles. The van der Waals surface area contributed by atoms with E-state index < -0.39 is 0 Å². The van der Waals surface area contributed by atoms with Crippen LogP contribution in [0.2, 0.25) is 0 Å². The van der Waals surface area contributed by atoms with E-state index in [0.29, 0.717) is 12.2 Å². The zero-order valence-electron chi connectivity index (χ0n) is 6.67. The van der Waals surface area contributed by atoms with Gasteiger partial charge in [0.25, 0.3) is 0 Å². The maximum Gasteiger partial charge on any atom is 0.0943 e. The molecule has 0 saturated carbocycles. The van der Waals surface area contributed by atoms with Crippen molar-refractivity contribution in [3.05, 3.63) is 0 Å². The number of nitrogens with one attached hydrogen (secondary N) is 1. The van der Waals surface area contributed by atoms with Crippen LogP contribution in [0.1, 0.15) is 19.8 Å². The van der Waals surface area contributed by atoms with Gasteiger partial charge < -0.3 is 5.11 Å². The number of aliphatic hydroxyl groups excluding tert-OH is 1. The zero-order chi connectivity index (χ0) is 7.56. The second-order valence-corrected chi connectivity index (χ2v) is 2.97. The van der Waals surface area contributed by atoms with Crippen molar-refractivity contribution in [3.8, 4) is 0 Å². The molecule has 0 radical (unpaired) electrons. The van der Waals surface area contributed by atoms with E-state index in [1.165, 1.54) is 6.42 Å². The average molecular weight is 144 g/mol. The Morgan fingerprint density at radius 1 is 1.60 bits per heavy atom. The van der Waals surface area contributed by atoms with Crippen molar-refractivity contribution in [1.82, 2.24) is 10.2 Å². The van der Waals surface area contributed by atoms with Gasteiger partial charge in [-0.05, 0) is 26.8 Å². The third kappa shape index (κ3) is 1.48. The van der Waals surface area contributed by atoms with Crippen LogP contribution in [-0.4, -0.2) is 36.0 Å². The SMILES string of the molecule is C[C@@H]1CCC(NCO)N1C. The molecule has 1 saturated heterocycles. The van der Waals surface area contributed by atoms with Crippen molar-refractivity contribution < 1.29 is 5.11 Å². The molecule has 3 nitrogen and oxygen atoms in total. The van der Waals surface area contributed by atoms with Crippen LogP contribution >= 0.6 is 0 Å². The van der Waals surface area contributed by atoms with E-state index in [1.54, 1.807) is 0 Å². The smallest absolute Gasteiger partial charge is 0.0943 e. The van der Waals surface area contributed by atoms with Crippen LogP contribution in [0.15, 0.2) is 0 Å². The van der Waals surface area contributed by atoms with E-state index in [1.807, 2.05) is 0 Å². The van der Waals surface area contributed by atoms with Gasteiger partial charge in [0.15, 0.2) is 0 Å². The summed E-state index contributed by atoms with van der Waals surface area (Å²) in [5.74, 6) is 0.